The smallest absolute Gasteiger partial charge is 0.122 e. The first-order valence-electron chi connectivity index (χ1n) is 8.02. The Bertz CT molecular complexity index is 387. The van der Waals surface area contributed by atoms with Gasteiger partial charge in [0.15, 0.2) is 0 Å². The summed E-state index contributed by atoms with van der Waals surface area (Å²) < 4.78 is 6.08. The van der Waals surface area contributed by atoms with E-state index in [1.54, 1.807) is 0 Å². The molecule has 2 heteroatoms. The van der Waals surface area contributed by atoms with Gasteiger partial charge in [-0.05, 0) is 49.9 Å². The Morgan fingerprint density at radius 3 is 2.55 bits per heavy atom. The summed E-state index contributed by atoms with van der Waals surface area (Å²) >= 11 is 0. The molecule has 1 rings (SSSR count). The zero-order valence-electron chi connectivity index (χ0n) is 13.8. The van der Waals surface area contributed by atoms with Gasteiger partial charge in [-0.2, -0.15) is 0 Å². The quantitative estimate of drug-likeness (QED) is 0.663. The van der Waals surface area contributed by atoms with Gasteiger partial charge >= 0.3 is 0 Å². The van der Waals surface area contributed by atoms with E-state index in [-0.39, 0.29) is 6.10 Å². The van der Waals surface area contributed by atoms with E-state index in [9.17, 15) is 0 Å². The Balaban J connectivity index is 2.44. The van der Waals surface area contributed by atoms with Gasteiger partial charge in [0.25, 0.3) is 0 Å². The first-order valence-corrected chi connectivity index (χ1v) is 8.02. The molecule has 1 atom stereocenters. The van der Waals surface area contributed by atoms with E-state index in [0.29, 0.717) is 5.92 Å². The third kappa shape index (κ3) is 5.96. The number of ether oxygens (including phenoxy) is 1. The zero-order chi connectivity index (χ0) is 15.0. The summed E-state index contributed by atoms with van der Waals surface area (Å²) in [5, 5.41) is 3.47. The van der Waals surface area contributed by atoms with Crippen LogP contribution in [0.15, 0.2) is 18.2 Å². The van der Waals surface area contributed by atoms with Gasteiger partial charge in [0, 0.05) is 6.54 Å². The number of unbranched alkanes of at least 4 members (excludes halogenated alkanes) is 2. The summed E-state index contributed by atoms with van der Waals surface area (Å²) in [5.41, 5.74) is 2.56. The molecule has 0 fully saturated rings. The zero-order valence-corrected chi connectivity index (χ0v) is 13.8. The van der Waals surface area contributed by atoms with Gasteiger partial charge in [0.2, 0.25) is 0 Å². The van der Waals surface area contributed by atoms with Crippen molar-refractivity contribution in [2.24, 2.45) is 0 Å². The molecule has 0 aliphatic carbocycles. The van der Waals surface area contributed by atoms with Crippen LogP contribution in [-0.2, 0) is 0 Å². The van der Waals surface area contributed by atoms with Gasteiger partial charge in [-0.15, -0.1) is 0 Å². The van der Waals surface area contributed by atoms with Crippen molar-refractivity contribution in [3.05, 3.63) is 29.3 Å². The maximum Gasteiger partial charge on any atom is 0.122 e. The molecule has 0 aliphatic heterocycles. The molecule has 0 aliphatic rings. The van der Waals surface area contributed by atoms with Crippen LogP contribution < -0.4 is 10.1 Å². The lowest BCUT2D eigenvalue weighted by molar-refractivity contribution is 0.215. The fourth-order valence-electron chi connectivity index (χ4n) is 2.17. The summed E-state index contributed by atoms with van der Waals surface area (Å²) in [4.78, 5) is 0. The summed E-state index contributed by atoms with van der Waals surface area (Å²) in [5.74, 6) is 1.57. The van der Waals surface area contributed by atoms with Gasteiger partial charge in [-0.1, -0.05) is 45.7 Å². The standard InChI is InChI=1S/C18H31NO/c1-6-7-8-11-19-13-16(5)20-18-12-17(14(2)3)10-9-15(18)4/h9-10,12,14,16,19H,6-8,11,13H2,1-5H3. The summed E-state index contributed by atoms with van der Waals surface area (Å²) in [7, 11) is 0. The second kappa shape index (κ2) is 9.02. The third-order valence-electron chi connectivity index (χ3n) is 3.60. The van der Waals surface area contributed by atoms with Crippen LogP contribution >= 0.6 is 0 Å². The molecular weight excluding hydrogens is 246 g/mol. The third-order valence-corrected chi connectivity index (χ3v) is 3.60. The van der Waals surface area contributed by atoms with Crippen LogP contribution in [0.1, 0.15) is 64.0 Å². The molecule has 0 heterocycles. The summed E-state index contributed by atoms with van der Waals surface area (Å²) in [6.07, 6.45) is 4.04. The van der Waals surface area contributed by atoms with Crippen molar-refractivity contribution in [2.75, 3.05) is 13.1 Å². The highest BCUT2D eigenvalue weighted by Crippen LogP contribution is 2.25. The van der Waals surface area contributed by atoms with Crippen molar-refractivity contribution in [1.29, 1.82) is 0 Å². The van der Waals surface area contributed by atoms with Crippen molar-refractivity contribution in [2.45, 2.75) is 65.9 Å². The Labute approximate surface area is 124 Å². The predicted molar refractivity (Wildman–Crippen MR) is 87.8 cm³/mol. The predicted octanol–water partition coefficient (Wildman–Crippen LogP) is 4.67. The number of nitrogens with one attached hydrogen (secondary N) is 1. The molecular formula is C18H31NO. The van der Waals surface area contributed by atoms with Gasteiger partial charge in [-0.25, -0.2) is 0 Å². The average Bonchev–Trinajstić information content (AvgIpc) is 2.40. The molecule has 0 spiro atoms. The number of aryl methyl sites for hydroxylation is 1. The van der Waals surface area contributed by atoms with Gasteiger partial charge < -0.3 is 10.1 Å². The average molecular weight is 277 g/mol. The number of hydrogen-bond acceptors (Lipinski definition) is 2. The minimum absolute atomic E-state index is 0.206. The van der Waals surface area contributed by atoms with E-state index in [1.807, 2.05) is 0 Å². The second-order valence-corrected chi connectivity index (χ2v) is 6.02. The Hall–Kier alpha value is -1.02. The fraction of sp³-hybridized carbons (Fsp3) is 0.667. The van der Waals surface area contributed by atoms with Crippen LogP contribution in [0.2, 0.25) is 0 Å². The lowest BCUT2D eigenvalue weighted by atomic mass is 10.0. The molecule has 1 aromatic rings. The van der Waals surface area contributed by atoms with Crippen molar-refractivity contribution < 1.29 is 4.74 Å². The normalized spacial score (nSPS) is 12.7. The maximum atomic E-state index is 6.08. The SMILES string of the molecule is CCCCCNCC(C)Oc1cc(C(C)C)ccc1C. The van der Waals surface area contributed by atoms with E-state index < -0.39 is 0 Å². The molecule has 0 aromatic heterocycles. The maximum absolute atomic E-state index is 6.08. The topological polar surface area (TPSA) is 21.3 Å². The Morgan fingerprint density at radius 1 is 1.15 bits per heavy atom. The van der Waals surface area contributed by atoms with Gasteiger partial charge in [0.05, 0.1) is 0 Å². The summed E-state index contributed by atoms with van der Waals surface area (Å²) in [6, 6.07) is 6.54. The van der Waals surface area contributed by atoms with Crippen LogP contribution in [0.3, 0.4) is 0 Å². The van der Waals surface area contributed by atoms with E-state index >= 15 is 0 Å². The van der Waals surface area contributed by atoms with E-state index in [1.165, 1.54) is 30.4 Å². The monoisotopic (exact) mass is 277 g/mol. The highest BCUT2D eigenvalue weighted by Gasteiger charge is 2.08. The van der Waals surface area contributed by atoms with Crippen LogP contribution in [0.4, 0.5) is 0 Å². The highest BCUT2D eigenvalue weighted by molar-refractivity contribution is 5.37. The van der Waals surface area contributed by atoms with Crippen LogP contribution in [-0.4, -0.2) is 19.2 Å². The lowest BCUT2D eigenvalue weighted by Gasteiger charge is -2.18. The Kier molecular flexibility index (Phi) is 7.68. The fourth-order valence-corrected chi connectivity index (χ4v) is 2.17. The number of rotatable bonds is 9. The molecule has 0 bridgehead atoms. The minimum Gasteiger partial charge on any atom is -0.489 e. The largest absolute Gasteiger partial charge is 0.489 e. The number of hydrogen-bond donors (Lipinski definition) is 1. The van der Waals surface area contributed by atoms with Gasteiger partial charge in [-0.3, -0.25) is 0 Å². The Morgan fingerprint density at radius 2 is 1.90 bits per heavy atom. The molecule has 0 saturated heterocycles. The molecule has 0 radical (unpaired) electrons. The molecule has 114 valence electrons. The number of benzene rings is 1. The van der Waals surface area contributed by atoms with Gasteiger partial charge in [0.1, 0.15) is 11.9 Å². The second-order valence-electron chi connectivity index (χ2n) is 6.02. The molecule has 0 amide bonds. The molecule has 1 unspecified atom stereocenters. The van der Waals surface area contributed by atoms with Crippen molar-refractivity contribution in [3.8, 4) is 5.75 Å². The molecule has 1 aromatic carbocycles. The lowest BCUT2D eigenvalue weighted by Crippen LogP contribution is -2.29. The minimum atomic E-state index is 0.206. The van der Waals surface area contributed by atoms with Crippen LogP contribution in [0.25, 0.3) is 0 Å². The van der Waals surface area contributed by atoms with E-state index in [0.717, 1.165) is 18.8 Å². The highest BCUT2D eigenvalue weighted by atomic mass is 16.5. The first kappa shape index (κ1) is 17.0. The van der Waals surface area contributed by atoms with Crippen molar-refractivity contribution in [1.82, 2.24) is 5.32 Å². The van der Waals surface area contributed by atoms with Crippen LogP contribution in [0.5, 0.6) is 5.75 Å². The van der Waals surface area contributed by atoms with Crippen LogP contribution in [0, 0.1) is 6.92 Å². The molecule has 2 nitrogen and oxygen atoms in total. The molecule has 20 heavy (non-hydrogen) atoms. The summed E-state index contributed by atoms with van der Waals surface area (Å²) in [6.45, 7) is 12.9. The molecule has 0 saturated carbocycles. The molecule has 1 N–H and O–H groups in total. The van der Waals surface area contributed by atoms with E-state index in [4.69, 9.17) is 4.74 Å². The van der Waals surface area contributed by atoms with Crippen molar-refractivity contribution >= 4 is 0 Å². The van der Waals surface area contributed by atoms with Crippen molar-refractivity contribution in [3.63, 3.8) is 0 Å². The van der Waals surface area contributed by atoms with E-state index in [2.05, 4.69) is 58.1 Å². The first-order chi connectivity index (χ1) is 9.54.